The van der Waals surface area contributed by atoms with E-state index in [0.717, 1.165) is 47.5 Å². The molecule has 4 saturated carbocycles. The van der Waals surface area contributed by atoms with E-state index in [-0.39, 0.29) is 0 Å². The molecule has 0 aromatic heterocycles. The monoisotopic (exact) mass is 466 g/mol. The lowest BCUT2D eigenvalue weighted by molar-refractivity contribution is -0.0417. The van der Waals surface area contributed by atoms with Gasteiger partial charge in [0.25, 0.3) is 0 Å². The summed E-state index contributed by atoms with van der Waals surface area (Å²) in [6, 6.07) is 0. The second-order valence-electron chi connectivity index (χ2n) is 10.8. The molecule has 0 N–H and O–H groups in total. The molecule has 4 aliphatic rings. The molecule has 194 valence electrons. The number of rotatable bonds is 1. The van der Waals surface area contributed by atoms with Gasteiger partial charge in [0, 0.05) is 12.0 Å². The Morgan fingerprint density at radius 2 is 1.38 bits per heavy atom. The van der Waals surface area contributed by atoms with Crippen molar-refractivity contribution in [1.29, 1.82) is 0 Å². The molecule has 0 spiro atoms. The summed E-state index contributed by atoms with van der Waals surface area (Å²) in [5.74, 6) is 11.7. The SMILES string of the molecule is C#C/C(C=C)=C/C.C#CCC.CC.CC.CC1(C)CCC2C(CCC3C4CCCC4CCC23)C1. The molecule has 0 heterocycles. The quantitative estimate of drug-likeness (QED) is 0.266. The molecule has 0 heteroatoms. The second kappa shape index (κ2) is 18.0. The highest BCUT2D eigenvalue weighted by Gasteiger charge is 2.50. The Hall–Kier alpha value is -1.40. The van der Waals surface area contributed by atoms with Gasteiger partial charge < -0.3 is 0 Å². The summed E-state index contributed by atoms with van der Waals surface area (Å²) < 4.78 is 0. The summed E-state index contributed by atoms with van der Waals surface area (Å²) in [6.07, 6.45) is 29.8. The maximum atomic E-state index is 5.00. The van der Waals surface area contributed by atoms with Crippen LogP contribution in [-0.4, -0.2) is 0 Å². The van der Waals surface area contributed by atoms with E-state index in [0.29, 0.717) is 5.41 Å². The van der Waals surface area contributed by atoms with Crippen molar-refractivity contribution in [3.63, 3.8) is 0 Å². The van der Waals surface area contributed by atoms with Gasteiger partial charge in [0.05, 0.1) is 0 Å². The van der Waals surface area contributed by atoms with Crippen LogP contribution in [0.2, 0.25) is 0 Å². The molecule has 0 radical (unpaired) electrons. The predicted octanol–water partition coefficient (Wildman–Crippen LogP) is 10.5. The summed E-state index contributed by atoms with van der Waals surface area (Å²) in [7, 11) is 0. The Balaban J connectivity index is 0.000000611. The summed E-state index contributed by atoms with van der Waals surface area (Å²) in [6.45, 7) is 20.4. The lowest BCUT2D eigenvalue weighted by Crippen LogP contribution is -2.45. The highest BCUT2D eigenvalue weighted by molar-refractivity contribution is 5.33. The molecule has 6 atom stereocenters. The van der Waals surface area contributed by atoms with Crippen LogP contribution in [0.4, 0.5) is 0 Å². The Morgan fingerprint density at radius 3 is 1.82 bits per heavy atom. The fourth-order valence-corrected chi connectivity index (χ4v) is 7.19. The van der Waals surface area contributed by atoms with Crippen LogP contribution in [0.5, 0.6) is 0 Å². The van der Waals surface area contributed by atoms with Crippen LogP contribution in [0.3, 0.4) is 0 Å². The lowest BCUT2D eigenvalue weighted by Gasteiger charge is -2.54. The van der Waals surface area contributed by atoms with E-state index in [4.69, 9.17) is 12.8 Å². The van der Waals surface area contributed by atoms with E-state index in [1.807, 2.05) is 47.6 Å². The van der Waals surface area contributed by atoms with Gasteiger partial charge >= 0.3 is 0 Å². The lowest BCUT2D eigenvalue weighted by atomic mass is 9.51. The first-order valence-corrected chi connectivity index (χ1v) is 14.6. The van der Waals surface area contributed by atoms with Crippen molar-refractivity contribution < 1.29 is 0 Å². The molecule has 34 heavy (non-hydrogen) atoms. The van der Waals surface area contributed by atoms with E-state index >= 15 is 0 Å². The molecule has 6 unspecified atom stereocenters. The van der Waals surface area contributed by atoms with Gasteiger partial charge in [-0.2, -0.15) is 0 Å². The standard InChI is InChI=1S/C19H32.C7H8.C4H6.2C2H6/c1-19(2)11-10-16-14(12-19)7-9-17-15-5-3-4-13(15)6-8-18(16)17;1-4-7(5-2)6-3;1-3-4-2;2*1-2/h13-18H,3-12H2,1-2H3;1,5-6H,2H2,3H3;1H,4H2,2H3;2*1-2H3/b;7-6-;;;. The zero-order valence-electron chi connectivity index (χ0n) is 24.3. The minimum atomic E-state index is 0.651. The maximum absolute atomic E-state index is 5.00. The summed E-state index contributed by atoms with van der Waals surface area (Å²) in [4.78, 5) is 0. The van der Waals surface area contributed by atoms with Crippen LogP contribution in [0, 0.1) is 65.6 Å². The van der Waals surface area contributed by atoms with Crippen molar-refractivity contribution in [2.75, 3.05) is 0 Å². The first kappa shape index (κ1) is 32.6. The van der Waals surface area contributed by atoms with Crippen molar-refractivity contribution in [1.82, 2.24) is 0 Å². The smallest absolute Gasteiger partial charge is 0.0194 e. The van der Waals surface area contributed by atoms with Gasteiger partial charge in [-0.15, -0.1) is 18.8 Å². The third-order valence-electron chi connectivity index (χ3n) is 8.59. The van der Waals surface area contributed by atoms with Gasteiger partial charge in [0.1, 0.15) is 0 Å². The summed E-state index contributed by atoms with van der Waals surface area (Å²) in [5.41, 5.74) is 1.50. The van der Waals surface area contributed by atoms with Crippen LogP contribution < -0.4 is 0 Å². The zero-order valence-corrected chi connectivity index (χ0v) is 24.3. The molecular formula is C34H58. The molecule has 0 aromatic carbocycles. The maximum Gasteiger partial charge on any atom is 0.0194 e. The Morgan fingerprint density at radius 1 is 0.853 bits per heavy atom. The summed E-state index contributed by atoms with van der Waals surface area (Å²) in [5, 5.41) is 0. The molecule has 0 amide bonds. The van der Waals surface area contributed by atoms with Crippen molar-refractivity contribution in [2.45, 2.75) is 126 Å². The van der Waals surface area contributed by atoms with Crippen LogP contribution in [-0.2, 0) is 0 Å². The Bertz CT molecular complexity index is 649. The molecule has 4 fully saturated rings. The van der Waals surface area contributed by atoms with E-state index in [2.05, 4.69) is 32.3 Å². The highest BCUT2D eigenvalue weighted by atomic mass is 14.5. The molecule has 4 aliphatic carbocycles. The molecule has 0 aromatic rings. The normalized spacial score (nSPS) is 32.1. The largest absolute Gasteiger partial charge is 0.120 e. The molecule has 0 aliphatic heterocycles. The van der Waals surface area contributed by atoms with Crippen LogP contribution in [0.25, 0.3) is 0 Å². The number of allylic oxidation sites excluding steroid dienone is 3. The minimum Gasteiger partial charge on any atom is -0.120 e. The van der Waals surface area contributed by atoms with Gasteiger partial charge in [0.2, 0.25) is 0 Å². The van der Waals surface area contributed by atoms with Gasteiger partial charge in [-0.05, 0) is 99.2 Å². The average molecular weight is 467 g/mol. The summed E-state index contributed by atoms with van der Waals surface area (Å²) >= 11 is 0. The number of hydrogen-bond donors (Lipinski definition) is 0. The van der Waals surface area contributed by atoms with Crippen molar-refractivity contribution in [3.05, 3.63) is 24.3 Å². The van der Waals surface area contributed by atoms with Gasteiger partial charge in [-0.3, -0.25) is 0 Å². The van der Waals surface area contributed by atoms with E-state index < -0.39 is 0 Å². The minimum absolute atomic E-state index is 0.651. The van der Waals surface area contributed by atoms with E-state index in [1.54, 1.807) is 57.4 Å². The topological polar surface area (TPSA) is 0 Å². The fraction of sp³-hybridized carbons (Fsp3) is 0.765. The van der Waals surface area contributed by atoms with Crippen LogP contribution >= 0.6 is 0 Å². The van der Waals surface area contributed by atoms with E-state index in [9.17, 15) is 0 Å². The van der Waals surface area contributed by atoms with Crippen molar-refractivity contribution in [3.8, 4) is 24.7 Å². The fourth-order valence-electron chi connectivity index (χ4n) is 7.19. The van der Waals surface area contributed by atoms with Crippen LogP contribution in [0.15, 0.2) is 24.3 Å². The molecule has 0 nitrogen and oxygen atoms in total. The third kappa shape index (κ3) is 9.69. The van der Waals surface area contributed by atoms with Gasteiger partial charge in [0.15, 0.2) is 0 Å². The Kier molecular flexibility index (Phi) is 17.2. The number of fused-ring (bicyclic) bond motifs is 5. The number of terminal acetylenes is 2. The number of hydrogen-bond acceptors (Lipinski definition) is 0. The van der Waals surface area contributed by atoms with E-state index in [1.165, 1.54) is 12.8 Å². The predicted molar refractivity (Wildman–Crippen MR) is 155 cm³/mol. The second-order valence-corrected chi connectivity index (χ2v) is 10.8. The van der Waals surface area contributed by atoms with Gasteiger partial charge in [-0.25, -0.2) is 0 Å². The molecular weight excluding hydrogens is 408 g/mol. The Labute approximate surface area is 215 Å². The van der Waals surface area contributed by atoms with Crippen molar-refractivity contribution in [2.24, 2.45) is 40.9 Å². The first-order valence-electron chi connectivity index (χ1n) is 14.6. The molecule has 0 saturated heterocycles. The third-order valence-corrected chi connectivity index (χ3v) is 8.59. The molecule has 0 bridgehead atoms. The van der Waals surface area contributed by atoms with Crippen molar-refractivity contribution >= 4 is 0 Å². The average Bonchev–Trinajstić information content (AvgIpc) is 3.36. The zero-order chi connectivity index (χ0) is 26.1. The highest BCUT2D eigenvalue weighted by Crippen LogP contribution is 2.59. The molecule has 4 rings (SSSR count). The first-order chi connectivity index (χ1) is 16.4. The van der Waals surface area contributed by atoms with Gasteiger partial charge in [-0.1, -0.05) is 86.0 Å². The van der Waals surface area contributed by atoms with Crippen LogP contribution in [0.1, 0.15) is 126 Å².